The van der Waals surface area contributed by atoms with Crippen LogP contribution < -0.4 is 0 Å². The molecule has 0 aromatic carbocycles. The second kappa shape index (κ2) is 3.69. The van der Waals surface area contributed by atoms with Gasteiger partial charge >= 0.3 is 0 Å². The minimum Gasteiger partial charge on any atom is -0.388 e. The predicted molar refractivity (Wildman–Crippen MR) is 61.8 cm³/mol. The van der Waals surface area contributed by atoms with Gasteiger partial charge in [-0.3, -0.25) is 4.79 Å². The largest absolute Gasteiger partial charge is 0.388 e. The second-order valence-electron chi connectivity index (χ2n) is 6.24. The zero-order chi connectivity index (χ0) is 11.2. The zero-order valence-corrected chi connectivity index (χ0v) is 9.69. The van der Waals surface area contributed by atoms with Gasteiger partial charge in [0, 0.05) is 0 Å². The molecular formula is C14H20O2. The van der Waals surface area contributed by atoms with E-state index < -0.39 is 0 Å². The summed E-state index contributed by atoms with van der Waals surface area (Å²) in [6, 6.07) is 0. The van der Waals surface area contributed by atoms with Crippen LogP contribution in [0.25, 0.3) is 0 Å². The summed E-state index contributed by atoms with van der Waals surface area (Å²) in [5, 5.41) is 8.75. The Morgan fingerprint density at radius 3 is 2.06 bits per heavy atom. The third-order valence-electron chi connectivity index (χ3n) is 4.86. The molecule has 88 valence electrons. The molecule has 0 atom stereocenters. The molecule has 4 aliphatic carbocycles. The van der Waals surface area contributed by atoms with Crippen molar-refractivity contribution in [3.8, 4) is 0 Å². The number of aliphatic hydroxyl groups is 1. The van der Waals surface area contributed by atoms with Crippen LogP contribution in [-0.2, 0) is 4.79 Å². The molecule has 4 rings (SSSR count). The molecule has 2 nitrogen and oxygen atoms in total. The van der Waals surface area contributed by atoms with Crippen molar-refractivity contribution in [1.82, 2.24) is 0 Å². The monoisotopic (exact) mass is 220 g/mol. The maximum absolute atomic E-state index is 11.2. The first kappa shape index (κ1) is 10.5. The van der Waals surface area contributed by atoms with E-state index in [0.717, 1.165) is 17.8 Å². The lowest BCUT2D eigenvalue weighted by atomic mass is 9.49. The van der Waals surface area contributed by atoms with Crippen molar-refractivity contribution in [1.29, 1.82) is 0 Å². The molecule has 0 spiro atoms. The van der Waals surface area contributed by atoms with Gasteiger partial charge in [-0.2, -0.15) is 0 Å². The van der Waals surface area contributed by atoms with Gasteiger partial charge in [-0.1, -0.05) is 6.08 Å². The van der Waals surface area contributed by atoms with Crippen LogP contribution in [0.4, 0.5) is 0 Å². The number of aliphatic hydroxyl groups excluding tert-OH is 1. The molecule has 0 amide bonds. The minimum atomic E-state index is -0.344. The molecule has 2 heteroatoms. The van der Waals surface area contributed by atoms with Crippen molar-refractivity contribution in [2.24, 2.45) is 23.2 Å². The van der Waals surface area contributed by atoms with Crippen molar-refractivity contribution in [3.63, 3.8) is 0 Å². The van der Waals surface area contributed by atoms with Crippen LogP contribution in [0, 0.1) is 23.2 Å². The van der Waals surface area contributed by atoms with Crippen LogP contribution >= 0.6 is 0 Å². The van der Waals surface area contributed by atoms with Crippen LogP contribution in [0.15, 0.2) is 12.2 Å². The smallest absolute Gasteiger partial charge is 0.180 e. The standard InChI is InChI=1S/C14H20O2/c15-9-13(16)1-2-14-6-10-3-11(7-14)5-12(4-10)8-14/h1-2,10-12,15H,3-9H2/b2-1+. The van der Waals surface area contributed by atoms with Gasteiger partial charge in [0.2, 0.25) is 0 Å². The van der Waals surface area contributed by atoms with Gasteiger partial charge in [0.05, 0.1) is 0 Å². The highest BCUT2D eigenvalue weighted by molar-refractivity contribution is 5.90. The van der Waals surface area contributed by atoms with E-state index in [0.29, 0.717) is 5.41 Å². The van der Waals surface area contributed by atoms with E-state index in [-0.39, 0.29) is 12.4 Å². The molecule has 4 saturated carbocycles. The molecule has 1 N–H and O–H groups in total. The number of carbonyl (C=O) groups excluding carboxylic acids is 1. The summed E-state index contributed by atoms with van der Waals surface area (Å²) >= 11 is 0. The average molecular weight is 220 g/mol. The Morgan fingerprint density at radius 2 is 1.62 bits per heavy atom. The summed E-state index contributed by atoms with van der Waals surface area (Å²) in [6.07, 6.45) is 11.9. The predicted octanol–water partition coefficient (Wildman–Crippen LogP) is 2.32. The minimum absolute atomic E-state index is 0.143. The first-order valence-corrected chi connectivity index (χ1v) is 6.52. The Hall–Kier alpha value is -0.630. The second-order valence-corrected chi connectivity index (χ2v) is 6.24. The summed E-state index contributed by atoms with van der Waals surface area (Å²) in [4.78, 5) is 11.2. The van der Waals surface area contributed by atoms with Crippen molar-refractivity contribution in [3.05, 3.63) is 12.2 Å². The van der Waals surface area contributed by atoms with E-state index >= 15 is 0 Å². The quantitative estimate of drug-likeness (QED) is 0.741. The lowest BCUT2D eigenvalue weighted by Gasteiger charge is -2.55. The lowest BCUT2D eigenvalue weighted by molar-refractivity contribution is -0.117. The van der Waals surface area contributed by atoms with Crippen LogP contribution in [0.5, 0.6) is 0 Å². The van der Waals surface area contributed by atoms with Crippen LogP contribution in [0.2, 0.25) is 0 Å². The third-order valence-corrected chi connectivity index (χ3v) is 4.86. The molecule has 0 heterocycles. The van der Waals surface area contributed by atoms with E-state index in [1.54, 1.807) is 6.08 Å². The number of hydrogen-bond acceptors (Lipinski definition) is 2. The van der Waals surface area contributed by atoms with Gasteiger partial charge in [-0.05, 0) is 67.8 Å². The average Bonchev–Trinajstić information content (AvgIpc) is 2.24. The number of allylic oxidation sites excluding steroid dienone is 1. The molecule has 0 aliphatic heterocycles. The van der Waals surface area contributed by atoms with Crippen molar-refractivity contribution in [2.75, 3.05) is 6.61 Å². The maximum Gasteiger partial charge on any atom is 0.180 e. The SMILES string of the molecule is O=C(/C=C/C12CC3CC(CC(C3)C1)C2)CO. The summed E-state index contributed by atoms with van der Waals surface area (Å²) in [6.45, 7) is -0.344. The third kappa shape index (κ3) is 1.73. The molecule has 0 unspecified atom stereocenters. The fraction of sp³-hybridized carbons (Fsp3) is 0.786. The highest BCUT2D eigenvalue weighted by Crippen LogP contribution is 2.60. The highest BCUT2D eigenvalue weighted by atomic mass is 16.3. The van der Waals surface area contributed by atoms with E-state index in [4.69, 9.17) is 5.11 Å². The van der Waals surface area contributed by atoms with Gasteiger partial charge in [0.15, 0.2) is 5.78 Å². The van der Waals surface area contributed by atoms with E-state index in [1.807, 2.05) is 0 Å². The van der Waals surface area contributed by atoms with E-state index in [2.05, 4.69) is 6.08 Å². The Bertz CT molecular complexity index is 294. The molecule has 4 bridgehead atoms. The summed E-state index contributed by atoms with van der Waals surface area (Å²) < 4.78 is 0. The van der Waals surface area contributed by atoms with Crippen molar-refractivity contribution >= 4 is 5.78 Å². The Labute approximate surface area is 96.7 Å². The Kier molecular flexibility index (Phi) is 2.43. The highest BCUT2D eigenvalue weighted by Gasteiger charge is 2.49. The van der Waals surface area contributed by atoms with Gasteiger partial charge in [-0.15, -0.1) is 0 Å². The molecule has 16 heavy (non-hydrogen) atoms. The summed E-state index contributed by atoms with van der Waals surface area (Å²) in [5.74, 6) is 2.61. The van der Waals surface area contributed by atoms with Gasteiger partial charge in [0.25, 0.3) is 0 Å². The molecular weight excluding hydrogens is 200 g/mol. The number of carbonyl (C=O) groups is 1. The molecule has 0 saturated heterocycles. The normalized spacial score (nSPS) is 45.4. The number of ketones is 1. The van der Waals surface area contributed by atoms with E-state index in [9.17, 15) is 4.79 Å². The molecule has 0 aromatic heterocycles. The maximum atomic E-state index is 11.2. The molecule has 4 fully saturated rings. The zero-order valence-electron chi connectivity index (χ0n) is 9.69. The van der Waals surface area contributed by atoms with Crippen molar-refractivity contribution in [2.45, 2.75) is 38.5 Å². The first-order chi connectivity index (χ1) is 7.69. The van der Waals surface area contributed by atoms with Crippen LogP contribution in [-0.4, -0.2) is 17.5 Å². The number of hydrogen-bond donors (Lipinski definition) is 1. The fourth-order valence-corrected chi connectivity index (χ4v) is 4.70. The topological polar surface area (TPSA) is 37.3 Å². The molecule has 0 radical (unpaired) electrons. The van der Waals surface area contributed by atoms with Gasteiger partial charge in [-0.25, -0.2) is 0 Å². The van der Waals surface area contributed by atoms with Crippen LogP contribution in [0.1, 0.15) is 38.5 Å². The molecule has 4 aliphatic rings. The van der Waals surface area contributed by atoms with E-state index in [1.165, 1.54) is 38.5 Å². The summed E-state index contributed by atoms with van der Waals surface area (Å²) in [5.41, 5.74) is 0.319. The Morgan fingerprint density at radius 1 is 1.12 bits per heavy atom. The molecule has 0 aromatic rings. The van der Waals surface area contributed by atoms with Crippen LogP contribution in [0.3, 0.4) is 0 Å². The fourth-order valence-electron chi connectivity index (χ4n) is 4.70. The van der Waals surface area contributed by atoms with Gasteiger partial charge in [0.1, 0.15) is 6.61 Å². The first-order valence-electron chi connectivity index (χ1n) is 6.52. The van der Waals surface area contributed by atoms with Gasteiger partial charge < -0.3 is 5.11 Å². The Balaban J connectivity index is 1.78. The lowest BCUT2D eigenvalue weighted by Crippen LogP contribution is -2.45. The van der Waals surface area contributed by atoms with Crippen molar-refractivity contribution < 1.29 is 9.90 Å². The number of rotatable bonds is 3. The summed E-state index contributed by atoms with van der Waals surface area (Å²) in [7, 11) is 0.